The normalized spacial score (nSPS) is 17.8. The van der Waals surface area contributed by atoms with Crippen LogP contribution in [0.5, 0.6) is 0 Å². The number of nitrogens with zero attached hydrogens (tertiary/aromatic N) is 3. The van der Waals surface area contributed by atoms with Gasteiger partial charge in [0.2, 0.25) is 0 Å². The van der Waals surface area contributed by atoms with Crippen molar-refractivity contribution >= 4 is 5.65 Å². The lowest BCUT2D eigenvalue weighted by atomic mass is 9.90. The highest BCUT2D eigenvalue weighted by molar-refractivity contribution is 5.46. The highest BCUT2D eigenvalue weighted by Gasteiger charge is 2.25. The number of pyridine rings is 1. The molecule has 0 bridgehead atoms. The average Bonchev–Trinajstić information content (AvgIpc) is 2.64. The van der Waals surface area contributed by atoms with Crippen molar-refractivity contribution in [3.05, 3.63) is 35.3 Å². The van der Waals surface area contributed by atoms with E-state index in [1.165, 1.54) is 23.5 Å². The molecule has 0 radical (unpaired) electrons. The van der Waals surface area contributed by atoms with Crippen molar-refractivity contribution in [2.45, 2.75) is 46.1 Å². The zero-order valence-corrected chi connectivity index (χ0v) is 14.3. The van der Waals surface area contributed by atoms with Crippen molar-refractivity contribution in [3.8, 4) is 0 Å². The van der Waals surface area contributed by atoms with Gasteiger partial charge in [-0.15, -0.1) is 0 Å². The Balaban J connectivity index is 2.05. The van der Waals surface area contributed by atoms with E-state index >= 15 is 0 Å². The van der Waals surface area contributed by atoms with E-state index in [0.717, 1.165) is 38.4 Å². The molecule has 3 rings (SSSR count). The number of hydrogen-bond donors (Lipinski definition) is 1. The largest absolute Gasteiger partial charge is 0.315 e. The molecule has 0 saturated carbocycles. The Labute approximate surface area is 133 Å². The maximum absolute atomic E-state index is 4.95. The zero-order chi connectivity index (χ0) is 15.7. The summed E-state index contributed by atoms with van der Waals surface area (Å²) in [4.78, 5) is 7.52. The lowest BCUT2D eigenvalue weighted by molar-refractivity contribution is 0.277. The molecule has 3 heterocycles. The van der Waals surface area contributed by atoms with Crippen LogP contribution in [0.2, 0.25) is 0 Å². The van der Waals surface area contributed by atoms with Crippen LogP contribution in [0.3, 0.4) is 0 Å². The Hall–Kier alpha value is -1.39. The molecule has 1 saturated heterocycles. The summed E-state index contributed by atoms with van der Waals surface area (Å²) in [5.74, 6) is 0. The highest BCUT2D eigenvalue weighted by atomic mass is 15.2. The summed E-state index contributed by atoms with van der Waals surface area (Å²) >= 11 is 0. The number of aromatic nitrogens is 2. The molecule has 22 heavy (non-hydrogen) atoms. The van der Waals surface area contributed by atoms with Gasteiger partial charge in [0.05, 0.1) is 11.4 Å². The van der Waals surface area contributed by atoms with Crippen molar-refractivity contribution in [2.24, 2.45) is 0 Å². The van der Waals surface area contributed by atoms with E-state index in [2.05, 4.69) is 60.5 Å². The number of aryl methyl sites for hydroxylation is 1. The second-order valence-corrected chi connectivity index (χ2v) is 7.40. The smallest absolute Gasteiger partial charge is 0.137 e. The fraction of sp³-hybridized carbons (Fsp3) is 0.611. The minimum atomic E-state index is 0.0674. The zero-order valence-electron chi connectivity index (χ0n) is 14.3. The van der Waals surface area contributed by atoms with Gasteiger partial charge in [-0.3, -0.25) is 9.30 Å². The van der Waals surface area contributed by atoms with Gasteiger partial charge in [-0.1, -0.05) is 26.8 Å². The van der Waals surface area contributed by atoms with E-state index in [0.29, 0.717) is 0 Å². The molecule has 0 spiro atoms. The van der Waals surface area contributed by atoms with E-state index in [-0.39, 0.29) is 5.41 Å². The van der Waals surface area contributed by atoms with Gasteiger partial charge in [0, 0.05) is 30.7 Å². The fourth-order valence-electron chi connectivity index (χ4n) is 3.34. The second-order valence-electron chi connectivity index (χ2n) is 7.40. The Morgan fingerprint density at radius 2 is 2.00 bits per heavy atom. The third-order valence-corrected chi connectivity index (χ3v) is 4.45. The average molecular weight is 300 g/mol. The number of rotatable bonds is 2. The lowest BCUT2D eigenvalue weighted by Gasteiger charge is -2.24. The summed E-state index contributed by atoms with van der Waals surface area (Å²) in [7, 11) is 0. The van der Waals surface area contributed by atoms with E-state index in [1.54, 1.807) is 0 Å². The van der Waals surface area contributed by atoms with Crippen molar-refractivity contribution in [2.75, 3.05) is 26.2 Å². The molecule has 2 aromatic heterocycles. The first-order valence-electron chi connectivity index (χ1n) is 8.37. The van der Waals surface area contributed by atoms with Gasteiger partial charge in [0.25, 0.3) is 0 Å². The SMILES string of the molecule is Cc1cccc2nc(C(C)(C)C)c(CN3CCCNCC3)n12. The molecular weight excluding hydrogens is 272 g/mol. The second kappa shape index (κ2) is 6.01. The van der Waals surface area contributed by atoms with Crippen molar-refractivity contribution in [1.29, 1.82) is 0 Å². The molecule has 0 amide bonds. The Morgan fingerprint density at radius 1 is 1.18 bits per heavy atom. The topological polar surface area (TPSA) is 32.6 Å². The summed E-state index contributed by atoms with van der Waals surface area (Å²) in [6.45, 7) is 14.4. The molecule has 1 aliphatic heterocycles. The monoisotopic (exact) mass is 300 g/mol. The Kier molecular flexibility index (Phi) is 4.24. The Morgan fingerprint density at radius 3 is 2.77 bits per heavy atom. The molecule has 4 nitrogen and oxygen atoms in total. The summed E-state index contributed by atoms with van der Waals surface area (Å²) in [5, 5.41) is 3.49. The quantitative estimate of drug-likeness (QED) is 0.925. The van der Waals surface area contributed by atoms with E-state index in [1.807, 2.05) is 0 Å². The van der Waals surface area contributed by atoms with Crippen LogP contribution in [0.25, 0.3) is 5.65 Å². The number of fused-ring (bicyclic) bond motifs is 1. The first-order chi connectivity index (χ1) is 10.5. The summed E-state index contributed by atoms with van der Waals surface area (Å²) in [5.41, 5.74) is 5.01. The van der Waals surface area contributed by atoms with Crippen molar-refractivity contribution < 1.29 is 0 Å². The standard InChI is InChI=1S/C18H28N4/c1-14-7-5-8-16-20-17(18(2,3)4)15(22(14)16)13-21-11-6-9-19-10-12-21/h5,7-8,19H,6,9-13H2,1-4H3. The molecule has 4 heteroatoms. The van der Waals surface area contributed by atoms with E-state index in [9.17, 15) is 0 Å². The summed E-state index contributed by atoms with van der Waals surface area (Å²) in [6.07, 6.45) is 1.22. The van der Waals surface area contributed by atoms with Crippen LogP contribution in [0.4, 0.5) is 0 Å². The van der Waals surface area contributed by atoms with E-state index < -0.39 is 0 Å². The first kappa shape index (κ1) is 15.5. The minimum Gasteiger partial charge on any atom is -0.315 e. The molecule has 2 aromatic rings. The molecule has 120 valence electrons. The molecule has 0 aliphatic carbocycles. The minimum absolute atomic E-state index is 0.0674. The van der Waals surface area contributed by atoms with Gasteiger partial charge in [0.15, 0.2) is 0 Å². The summed E-state index contributed by atoms with van der Waals surface area (Å²) < 4.78 is 2.35. The third kappa shape index (κ3) is 3.03. The number of imidazole rings is 1. The van der Waals surface area contributed by atoms with Gasteiger partial charge in [-0.05, 0) is 38.6 Å². The lowest BCUT2D eigenvalue weighted by Crippen LogP contribution is -2.29. The van der Waals surface area contributed by atoms with Gasteiger partial charge in [-0.2, -0.15) is 0 Å². The molecule has 0 unspecified atom stereocenters. The molecule has 1 N–H and O–H groups in total. The van der Waals surface area contributed by atoms with Crippen LogP contribution < -0.4 is 5.32 Å². The van der Waals surface area contributed by atoms with Gasteiger partial charge in [0.1, 0.15) is 5.65 Å². The first-order valence-corrected chi connectivity index (χ1v) is 8.37. The summed E-state index contributed by atoms with van der Waals surface area (Å²) in [6, 6.07) is 6.40. The Bertz CT molecular complexity index is 643. The maximum Gasteiger partial charge on any atom is 0.137 e. The molecular formula is C18H28N4. The number of hydrogen-bond acceptors (Lipinski definition) is 3. The predicted molar refractivity (Wildman–Crippen MR) is 91.4 cm³/mol. The highest BCUT2D eigenvalue weighted by Crippen LogP contribution is 2.28. The van der Waals surface area contributed by atoms with Crippen molar-refractivity contribution in [3.63, 3.8) is 0 Å². The molecule has 1 aliphatic rings. The van der Waals surface area contributed by atoms with Gasteiger partial charge < -0.3 is 5.32 Å². The van der Waals surface area contributed by atoms with Gasteiger partial charge in [-0.25, -0.2) is 4.98 Å². The molecule has 0 atom stereocenters. The third-order valence-electron chi connectivity index (χ3n) is 4.45. The molecule has 0 aromatic carbocycles. The van der Waals surface area contributed by atoms with Crippen LogP contribution in [0.15, 0.2) is 18.2 Å². The van der Waals surface area contributed by atoms with Crippen LogP contribution in [-0.4, -0.2) is 40.5 Å². The van der Waals surface area contributed by atoms with Crippen LogP contribution in [0, 0.1) is 6.92 Å². The van der Waals surface area contributed by atoms with Crippen LogP contribution >= 0.6 is 0 Å². The predicted octanol–water partition coefficient (Wildman–Crippen LogP) is 2.74. The van der Waals surface area contributed by atoms with Crippen LogP contribution in [-0.2, 0) is 12.0 Å². The van der Waals surface area contributed by atoms with Crippen molar-refractivity contribution in [1.82, 2.24) is 19.6 Å². The molecule has 1 fully saturated rings. The fourth-order valence-corrected chi connectivity index (χ4v) is 3.34. The van der Waals surface area contributed by atoms with Crippen LogP contribution in [0.1, 0.15) is 44.3 Å². The maximum atomic E-state index is 4.95. The van der Waals surface area contributed by atoms with Gasteiger partial charge >= 0.3 is 0 Å². The number of nitrogens with one attached hydrogen (secondary N) is 1. The van der Waals surface area contributed by atoms with E-state index in [4.69, 9.17) is 4.98 Å².